The van der Waals surface area contributed by atoms with Crippen molar-refractivity contribution >= 4 is 5.69 Å². The third-order valence-electron chi connectivity index (χ3n) is 2.66. The van der Waals surface area contributed by atoms with E-state index in [1.54, 1.807) is 20.0 Å². The number of halogens is 2. The number of alkyl halides is 2. The Morgan fingerprint density at radius 3 is 2.59 bits per heavy atom. The number of aliphatic hydroxyl groups excluding tert-OH is 1. The van der Waals surface area contributed by atoms with Gasteiger partial charge in [0, 0.05) is 12.6 Å². The molecule has 0 aliphatic carbocycles. The van der Waals surface area contributed by atoms with Gasteiger partial charge in [-0.05, 0) is 29.0 Å². The lowest BCUT2D eigenvalue weighted by Crippen LogP contribution is -2.36. The van der Waals surface area contributed by atoms with Crippen molar-refractivity contribution in [3.05, 3.63) is 29.3 Å². The lowest BCUT2D eigenvalue weighted by Gasteiger charge is -2.22. The van der Waals surface area contributed by atoms with Gasteiger partial charge < -0.3 is 5.11 Å². The zero-order valence-corrected chi connectivity index (χ0v) is 9.38. The largest absolute Gasteiger partial charge is 0.354 e. The van der Waals surface area contributed by atoms with E-state index in [1.807, 2.05) is 0 Å². The van der Waals surface area contributed by atoms with E-state index in [1.165, 1.54) is 22.2 Å². The third kappa shape index (κ3) is 1.93. The van der Waals surface area contributed by atoms with Gasteiger partial charge in [-0.1, -0.05) is 12.1 Å². The highest BCUT2D eigenvalue weighted by Gasteiger charge is 2.28. The molecule has 17 heavy (non-hydrogen) atoms. The molecule has 5 nitrogen and oxygen atoms in total. The highest BCUT2D eigenvalue weighted by molar-refractivity contribution is 5.56. The molecule has 0 aromatic heterocycles. The highest BCUT2D eigenvalue weighted by atomic mass is 19.3. The van der Waals surface area contributed by atoms with Gasteiger partial charge in [-0.25, -0.2) is 13.8 Å². The summed E-state index contributed by atoms with van der Waals surface area (Å²) in [5.41, 5.74) is 0.735. The number of anilines is 1. The van der Waals surface area contributed by atoms with Crippen molar-refractivity contribution < 1.29 is 13.9 Å². The Balaban J connectivity index is 2.40. The number of hydrogen-bond donors (Lipinski definition) is 1. The number of benzene rings is 1. The van der Waals surface area contributed by atoms with Gasteiger partial charge in [-0.3, -0.25) is 0 Å². The van der Waals surface area contributed by atoms with Crippen LogP contribution >= 0.6 is 0 Å². The molecule has 0 radical (unpaired) electrons. The number of hydrogen-bond acceptors (Lipinski definition) is 5. The maximum absolute atomic E-state index is 12.7. The Kier molecular flexibility index (Phi) is 2.93. The molecule has 1 aliphatic rings. The van der Waals surface area contributed by atoms with Crippen LogP contribution in [0.4, 0.5) is 14.5 Å². The van der Waals surface area contributed by atoms with Gasteiger partial charge in [0.1, 0.15) is 0 Å². The molecule has 1 atom stereocenters. The molecule has 0 fully saturated rings. The van der Waals surface area contributed by atoms with Crippen LogP contribution in [0.3, 0.4) is 0 Å². The molecule has 0 saturated carbocycles. The fourth-order valence-corrected chi connectivity index (χ4v) is 1.65. The van der Waals surface area contributed by atoms with Crippen LogP contribution in [-0.2, 0) is 0 Å². The van der Waals surface area contributed by atoms with Crippen molar-refractivity contribution in [3.63, 3.8) is 0 Å². The van der Waals surface area contributed by atoms with Crippen molar-refractivity contribution in [2.75, 3.05) is 12.1 Å². The van der Waals surface area contributed by atoms with Crippen LogP contribution in [-0.4, -0.2) is 23.5 Å². The molecule has 0 saturated heterocycles. The first-order valence-corrected chi connectivity index (χ1v) is 5.01. The predicted octanol–water partition coefficient (Wildman–Crippen LogP) is 2.24. The molecular weight excluding hydrogens is 230 g/mol. The first-order chi connectivity index (χ1) is 8.02. The maximum Gasteiger partial charge on any atom is 0.264 e. The lowest BCUT2D eigenvalue weighted by atomic mass is 10.1. The first kappa shape index (κ1) is 11.7. The fraction of sp³-hybridized carbons (Fsp3) is 0.400. The highest BCUT2D eigenvalue weighted by Crippen LogP contribution is 2.32. The molecule has 0 bridgehead atoms. The summed E-state index contributed by atoms with van der Waals surface area (Å²) in [4.78, 5) is 0. The lowest BCUT2D eigenvalue weighted by molar-refractivity contribution is 0.0456. The quantitative estimate of drug-likeness (QED) is 0.865. The molecule has 1 unspecified atom stereocenters. The molecule has 0 spiro atoms. The summed E-state index contributed by atoms with van der Waals surface area (Å²) in [5, 5.41) is 19.5. The van der Waals surface area contributed by atoms with Crippen molar-refractivity contribution in [1.82, 2.24) is 5.01 Å². The molecule has 92 valence electrons. The summed E-state index contributed by atoms with van der Waals surface area (Å²) < 4.78 is 25.4. The SMILES string of the molecule is Cc1c(C(F)F)cccc1N1N=NN(C)C1O. The van der Waals surface area contributed by atoms with Crippen LogP contribution in [0.5, 0.6) is 0 Å². The van der Waals surface area contributed by atoms with Crippen LogP contribution in [0.25, 0.3) is 0 Å². The van der Waals surface area contributed by atoms with Crippen molar-refractivity contribution in [3.8, 4) is 0 Å². The topological polar surface area (TPSA) is 51.4 Å². The Hall–Kier alpha value is -1.76. The Labute approximate surface area is 96.9 Å². The van der Waals surface area contributed by atoms with Crippen molar-refractivity contribution in [1.29, 1.82) is 0 Å². The minimum atomic E-state index is -2.55. The summed E-state index contributed by atoms with van der Waals surface area (Å²) in [6.45, 7) is 1.57. The van der Waals surface area contributed by atoms with Gasteiger partial charge in [0.05, 0.1) is 5.69 Å². The number of aliphatic hydroxyl groups is 1. The maximum atomic E-state index is 12.7. The fourth-order valence-electron chi connectivity index (χ4n) is 1.65. The standard InChI is InChI=1S/C10H12F2N4O/c1-6-7(9(11)12)4-3-5-8(6)16-10(17)15(2)13-14-16/h3-5,9-10,17H,1-2H3. The molecule has 1 aliphatic heterocycles. The van der Waals surface area contributed by atoms with E-state index in [4.69, 9.17) is 0 Å². The summed E-state index contributed by atoms with van der Waals surface area (Å²) in [7, 11) is 1.54. The zero-order chi connectivity index (χ0) is 12.6. The molecule has 0 amide bonds. The van der Waals surface area contributed by atoms with Gasteiger partial charge in [-0.15, -0.1) is 0 Å². The normalized spacial score (nSPS) is 19.5. The Bertz CT molecular complexity index is 452. The summed E-state index contributed by atoms with van der Waals surface area (Å²) in [6, 6.07) is 4.47. The predicted molar refractivity (Wildman–Crippen MR) is 57.2 cm³/mol. The second kappa shape index (κ2) is 4.25. The van der Waals surface area contributed by atoms with Gasteiger partial charge in [0.15, 0.2) is 0 Å². The average molecular weight is 242 g/mol. The van der Waals surface area contributed by atoms with E-state index < -0.39 is 12.8 Å². The Morgan fingerprint density at radius 1 is 1.35 bits per heavy atom. The minimum absolute atomic E-state index is 0.0700. The molecule has 1 N–H and O–H groups in total. The van der Waals surface area contributed by atoms with Crippen LogP contribution in [0.2, 0.25) is 0 Å². The monoisotopic (exact) mass is 242 g/mol. The zero-order valence-electron chi connectivity index (χ0n) is 9.38. The van der Waals surface area contributed by atoms with E-state index in [0.29, 0.717) is 11.3 Å². The van der Waals surface area contributed by atoms with Crippen LogP contribution in [0.1, 0.15) is 17.6 Å². The summed E-state index contributed by atoms with van der Waals surface area (Å²) >= 11 is 0. The van der Waals surface area contributed by atoms with Gasteiger partial charge >= 0.3 is 0 Å². The van der Waals surface area contributed by atoms with E-state index in [0.717, 1.165) is 0 Å². The van der Waals surface area contributed by atoms with E-state index >= 15 is 0 Å². The number of nitrogens with zero attached hydrogens (tertiary/aromatic N) is 4. The molecule has 7 heteroatoms. The van der Waals surface area contributed by atoms with Crippen LogP contribution < -0.4 is 5.01 Å². The minimum Gasteiger partial charge on any atom is -0.354 e. The van der Waals surface area contributed by atoms with E-state index in [2.05, 4.69) is 10.4 Å². The van der Waals surface area contributed by atoms with Gasteiger partial charge in [0.25, 0.3) is 6.43 Å². The molecule has 2 rings (SSSR count). The summed E-state index contributed by atoms with van der Waals surface area (Å²) in [5.74, 6) is 0. The smallest absolute Gasteiger partial charge is 0.264 e. The van der Waals surface area contributed by atoms with Gasteiger partial charge in [0.2, 0.25) is 6.35 Å². The van der Waals surface area contributed by atoms with Gasteiger partial charge in [-0.2, -0.15) is 5.01 Å². The molecule has 1 aromatic rings. The second-order valence-corrected chi connectivity index (χ2v) is 3.74. The molecule has 1 aromatic carbocycles. The third-order valence-corrected chi connectivity index (χ3v) is 2.66. The number of rotatable bonds is 2. The van der Waals surface area contributed by atoms with Crippen molar-refractivity contribution in [2.45, 2.75) is 19.7 Å². The van der Waals surface area contributed by atoms with Crippen molar-refractivity contribution in [2.24, 2.45) is 10.4 Å². The van der Waals surface area contributed by atoms with E-state index in [-0.39, 0.29) is 5.56 Å². The molecule has 1 heterocycles. The summed E-state index contributed by atoms with van der Waals surface area (Å²) in [6.07, 6.45) is -3.62. The first-order valence-electron chi connectivity index (χ1n) is 5.01. The van der Waals surface area contributed by atoms with E-state index in [9.17, 15) is 13.9 Å². The van der Waals surface area contributed by atoms with Crippen LogP contribution in [0, 0.1) is 6.92 Å². The molecular formula is C10H12F2N4O. The van der Waals surface area contributed by atoms with Crippen LogP contribution in [0.15, 0.2) is 28.6 Å². The Morgan fingerprint density at radius 2 is 2.06 bits per heavy atom. The average Bonchev–Trinajstić information content (AvgIpc) is 2.60. The second-order valence-electron chi connectivity index (χ2n) is 3.74.